The lowest BCUT2D eigenvalue weighted by Gasteiger charge is -2.42. The lowest BCUT2D eigenvalue weighted by atomic mass is 9.86. The molecule has 1 aromatic rings. The van der Waals surface area contributed by atoms with E-state index in [0.29, 0.717) is 0 Å². The number of halogens is 1. The van der Waals surface area contributed by atoms with Crippen LogP contribution in [0.15, 0.2) is 10.7 Å². The maximum atomic E-state index is 13.4. The van der Waals surface area contributed by atoms with Crippen LogP contribution in [0.5, 0.6) is 0 Å². The molecule has 1 aliphatic heterocycles. The maximum absolute atomic E-state index is 13.4. The molecule has 2 aliphatic rings. The molecule has 0 N–H and O–H groups in total. The molecular formula is C16H24BrN3O. The maximum Gasteiger partial charge on any atom is 0.202 e. The highest BCUT2D eigenvalue weighted by atomic mass is 79.9. The van der Waals surface area contributed by atoms with Gasteiger partial charge >= 0.3 is 0 Å². The SMILES string of the molecule is CCn1ncc(Br)c1C(=O)C1(N2CCCCC2)CCCC1. The van der Waals surface area contributed by atoms with E-state index in [9.17, 15) is 4.79 Å². The van der Waals surface area contributed by atoms with E-state index < -0.39 is 0 Å². The molecule has 1 saturated carbocycles. The van der Waals surface area contributed by atoms with E-state index >= 15 is 0 Å². The Labute approximate surface area is 135 Å². The topological polar surface area (TPSA) is 38.1 Å². The van der Waals surface area contributed by atoms with Gasteiger partial charge in [0.15, 0.2) is 0 Å². The Hall–Kier alpha value is -0.680. The van der Waals surface area contributed by atoms with Crippen molar-refractivity contribution < 1.29 is 4.79 Å². The molecule has 116 valence electrons. The third kappa shape index (κ3) is 2.59. The normalized spacial score (nSPS) is 22.6. The van der Waals surface area contributed by atoms with Gasteiger partial charge in [0.25, 0.3) is 0 Å². The third-order valence-corrected chi connectivity index (χ3v) is 5.70. The van der Waals surface area contributed by atoms with Crippen molar-refractivity contribution in [3.8, 4) is 0 Å². The Balaban J connectivity index is 1.96. The smallest absolute Gasteiger partial charge is 0.202 e. The van der Waals surface area contributed by atoms with Crippen molar-refractivity contribution in [2.75, 3.05) is 13.1 Å². The first kappa shape index (κ1) is 15.2. The zero-order chi connectivity index (χ0) is 14.9. The van der Waals surface area contributed by atoms with E-state index in [4.69, 9.17) is 0 Å². The number of rotatable bonds is 4. The van der Waals surface area contributed by atoms with Crippen LogP contribution in [0.3, 0.4) is 0 Å². The van der Waals surface area contributed by atoms with Crippen LogP contribution in [0.2, 0.25) is 0 Å². The summed E-state index contributed by atoms with van der Waals surface area (Å²) in [7, 11) is 0. The second kappa shape index (κ2) is 6.21. The van der Waals surface area contributed by atoms with Gasteiger partial charge in [0.05, 0.1) is 16.2 Å². The highest BCUT2D eigenvalue weighted by molar-refractivity contribution is 9.10. The predicted molar refractivity (Wildman–Crippen MR) is 86.6 cm³/mol. The van der Waals surface area contributed by atoms with Crippen LogP contribution in [-0.4, -0.2) is 39.1 Å². The average molecular weight is 354 g/mol. The van der Waals surface area contributed by atoms with Crippen molar-refractivity contribution in [1.82, 2.24) is 14.7 Å². The monoisotopic (exact) mass is 353 g/mol. The molecular weight excluding hydrogens is 330 g/mol. The molecule has 0 spiro atoms. The van der Waals surface area contributed by atoms with Crippen molar-refractivity contribution in [2.45, 2.75) is 64.0 Å². The second-order valence-electron chi connectivity index (χ2n) is 6.27. The molecule has 0 radical (unpaired) electrons. The van der Waals surface area contributed by atoms with Crippen molar-refractivity contribution in [2.24, 2.45) is 0 Å². The van der Waals surface area contributed by atoms with E-state index in [1.165, 1.54) is 32.1 Å². The number of hydrogen-bond acceptors (Lipinski definition) is 3. The first-order chi connectivity index (χ1) is 10.2. The molecule has 3 rings (SSSR count). The molecule has 5 heteroatoms. The highest BCUT2D eigenvalue weighted by Crippen LogP contribution is 2.40. The number of nitrogens with zero attached hydrogens (tertiary/aromatic N) is 3. The van der Waals surface area contributed by atoms with E-state index in [1.54, 1.807) is 6.20 Å². The molecule has 0 amide bonds. The summed E-state index contributed by atoms with van der Waals surface area (Å²) in [5, 5.41) is 4.33. The molecule has 0 aromatic carbocycles. The van der Waals surface area contributed by atoms with Gasteiger partial charge in [-0.25, -0.2) is 0 Å². The van der Waals surface area contributed by atoms with Gasteiger partial charge in [0.1, 0.15) is 5.69 Å². The van der Waals surface area contributed by atoms with E-state index in [1.807, 2.05) is 11.6 Å². The summed E-state index contributed by atoms with van der Waals surface area (Å²) < 4.78 is 2.69. The molecule has 1 aliphatic carbocycles. The van der Waals surface area contributed by atoms with Gasteiger partial charge in [-0.3, -0.25) is 14.4 Å². The fourth-order valence-corrected chi connectivity index (χ4v) is 4.49. The van der Waals surface area contributed by atoms with Crippen LogP contribution in [0.25, 0.3) is 0 Å². The molecule has 2 heterocycles. The van der Waals surface area contributed by atoms with Crippen LogP contribution in [0, 0.1) is 0 Å². The van der Waals surface area contributed by atoms with Gasteiger partial charge in [-0.15, -0.1) is 0 Å². The number of ketones is 1. The quantitative estimate of drug-likeness (QED) is 0.775. The molecule has 1 saturated heterocycles. The van der Waals surface area contributed by atoms with Gasteiger partial charge in [0, 0.05) is 6.54 Å². The largest absolute Gasteiger partial charge is 0.291 e. The summed E-state index contributed by atoms with van der Waals surface area (Å²) >= 11 is 3.53. The van der Waals surface area contributed by atoms with Gasteiger partial charge in [-0.05, 0) is 61.6 Å². The van der Waals surface area contributed by atoms with Crippen LogP contribution in [0.4, 0.5) is 0 Å². The highest BCUT2D eigenvalue weighted by Gasteiger charge is 2.47. The summed E-state index contributed by atoms with van der Waals surface area (Å²) in [6.45, 7) is 4.93. The summed E-state index contributed by atoms with van der Waals surface area (Å²) in [6.07, 6.45) is 9.86. The zero-order valence-corrected chi connectivity index (χ0v) is 14.4. The molecule has 21 heavy (non-hydrogen) atoms. The lowest BCUT2D eigenvalue weighted by Crippen LogP contribution is -2.55. The molecule has 4 nitrogen and oxygen atoms in total. The van der Waals surface area contributed by atoms with Crippen molar-refractivity contribution in [3.05, 3.63) is 16.4 Å². The Morgan fingerprint density at radius 3 is 2.52 bits per heavy atom. The zero-order valence-electron chi connectivity index (χ0n) is 12.8. The summed E-state index contributed by atoms with van der Waals surface area (Å²) in [5.74, 6) is 0.285. The summed E-state index contributed by atoms with van der Waals surface area (Å²) in [5.41, 5.74) is 0.501. The number of hydrogen-bond donors (Lipinski definition) is 0. The Morgan fingerprint density at radius 1 is 1.24 bits per heavy atom. The van der Waals surface area contributed by atoms with Crippen molar-refractivity contribution in [1.29, 1.82) is 0 Å². The number of aromatic nitrogens is 2. The van der Waals surface area contributed by atoms with Crippen molar-refractivity contribution >= 4 is 21.7 Å². The fraction of sp³-hybridized carbons (Fsp3) is 0.750. The minimum absolute atomic E-state index is 0.268. The number of aryl methyl sites for hydroxylation is 1. The molecule has 1 aromatic heterocycles. The summed E-state index contributed by atoms with van der Waals surface area (Å²) in [4.78, 5) is 15.9. The van der Waals surface area contributed by atoms with Crippen LogP contribution in [0.1, 0.15) is 62.4 Å². The molecule has 0 unspecified atom stereocenters. The van der Waals surface area contributed by atoms with E-state index in [2.05, 4.69) is 25.9 Å². The molecule has 0 atom stereocenters. The molecule has 2 fully saturated rings. The molecule has 0 bridgehead atoms. The Morgan fingerprint density at radius 2 is 1.90 bits per heavy atom. The number of carbonyl (C=O) groups excluding carboxylic acids is 1. The summed E-state index contributed by atoms with van der Waals surface area (Å²) in [6, 6.07) is 0. The average Bonchev–Trinajstić information content (AvgIpc) is 3.15. The fourth-order valence-electron chi connectivity index (χ4n) is 4.02. The van der Waals surface area contributed by atoms with Gasteiger partial charge in [-0.2, -0.15) is 5.10 Å². The Bertz CT molecular complexity index is 514. The lowest BCUT2D eigenvalue weighted by molar-refractivity contribution is 0.0466. The number of likely N-dealkylation sites (tertiary alicyclic amines) is 1. The minimum atomic E-state index is -0.268. The van der Waals surface area contributed by atoms with Crippen LogP contribution >= 0.6 is 15.9 Å². The van der Waals surface area contributed by atoms with Gasteiger partial charge in [0.2, 0.25) is 5.78 Å². The van der Waals surface area contributed by atoms with Gasteiger partial charge in [-0.1, -0.05) is 19.3 Å². The first-order valence-electron chi connectivity index (χ1n) is 8.20. The van der Waals surface area contributed by atoms with Crippen LogP contribution < -0.4 is 0 Å². The standard InChI is InChI=1S/C16H24BrN3O/c1-2-20-14(13(17)12-18-20)15(21)16(8-4-5-9-16)19-10-6-3-7-11-19/h12H,2-11H2,1H3. The Kier molecular flexibility index (Phi) is 4.50. The minimum Gasteiger partial charge on any atom is -0.291 e. The van der Waals surface area contributed by atoms with Gasteiger partial charge < -0.3 is 0 Å². The number of carbonyl (C=O) groups is 1. The predicted octanol–water partition coefficient (Wildman–Crippen LogP) is 3.65. The van der Waals surface area contributed by atoms with E-state index in [0.717, 1.165) is 42.6 Å². The third-order valence-electron chi connectivity index (χ3n) is 5.12. The van der Waals surface area contributed by atoms with Crippen molar-refractivity contribution in [3.63, 3.8) is 0 Å². The van der Waals surface area contributed by atoms with E-state index in [-0.39, 0.29) is 11.3 Å². The number of Topliss-reactive ketones (excluding diaryl/α,β-unsaturated/α-hetero) is 1. The second-order valence-corrected chi connectivity index (χ2v) is 7.13. The van der Waals surface area contributed by atoms with Crippen LogP contribution in [-0.2, 0) is 6.54 Å². The number of piperidine rings is 1. The first-order valence-corrected chi connectivity index (χ1v) is 8.99.